The number of hydrogen-bond donors (Lipinski definition) is 2. The van der Waals surface area contributed by atoms with Crippen LogP contribution in [-0.4, -0.2) is 35.8 Å². The molecule has 2 N–H and O–H groups in total. The van der Waals surface area contributed by atoms with Gasteiger partial charge in [-0.3, -0.25) is 0 Å². The number of anilines is 1. The zero-order valence-corrected chi connectivity index (χ0v) is 12.3. The van der Waals surface area contributed by atoms with Crippen molar-refractivity contribution in [1.29, 1.82) is 0 Å². The van der Waals surface area contributed by atoms with E-state index < -0.39 is 0 Å². The van der Waals surface area contributed by atoms with Crippen LogP contribution in [-0.2, 0) is 6.54 Å². The van der Waals surface area contributed by atoms with Crippen LogP contribution >= 0.6 is 0 Å². The molecule has 0 radical (unpaired) electrons. The van der Waals surface area contributed by atoms with Crippen molar-refractivity contribution < 1.29 is 5.11 Å². The highest BCUT2D eigenvalue weighted by Gasteiger charge is 2.24. The zero-order chi connectivity index (χ0) is 13.9. The highest BCUT2D eigenvalue weighted by molar-refractivity contribution is 5.48. The Kier molecular flexibility index (Phi) is 4.22. The first-order valence-corrected chi connectivity index (χ1v) is 7.81. The number of aromatic nitrogens is 1. The standard InChI is InChI=1S/C16H25N3O/c1-12-8-14(9-17-15-2-3-15)10-18-16(12)19-6-4-13(11-19)5-7-20/h8,10,13,15,17,20H,2-7,9,11H2,1H3. The van der Waals surface area contributed by atoms with Crippen molar-refractivity contribution in [2.75, 3.05) is 24.6 Å². The Morgan fingerprint density at radius 2 is 2.25 bits per heavy atom. The van der Waals surface area contributed by atoms with E-state index in [-0.39, 0.29) is 0 Å². The fraction of sp³-hybridized carbons (Fsp3) is 0.688. The third kappa shape index (κ3) is 3.30. The van der Waals surface area contributed by atoms with Crippen LogP contribution in [0.5, 0.6) is 0 Å². The van der Waals surface area contributed by atoms with Gasteiger partial charge in [-0.25, -0.2) is 4.98 Å². The molecule has 0 amide bonds. The Labute approximate surface area is 121 Å². The first-order valence-electron chi connectivity index (χ1n) is 7.81. The maximum Gasteiger partial charge on any atom is 0.131 e. The van der Waals surface area contributed by atoms with E-state index in [1.807, 2.05) is 6.20 Å². The normalized spacial score (nSPS) is 22.5. The van der Waals surface area contributed by atoms with Crippen molar-refractivity contribution in [3.63, 3.8) is 0 Å². The number of nitrogens with zero attached hydrogens (tertiary/aromatic N) is 2. The van der Waals surface area contributed by atoms with Crippen molar-refractivity contribution in [2.45, 2.75) is 45.2 Å². The highest BCUT2D eigenvalue weighted by Crippen LogP contribution is 2.27. The van der Waals surface area contributed by atoms with E-state index in [4.69, 9.17) is 5.11 Å². The molecule has 1 unspecified atom stereocenters. The minimum atomic E-state index is 0.302. The van der Waals surface area contributed by atoms with Gasteiger partial charge in [-0.2, -0.15) is 0 Å². The van der Waals surface area contributed by atoms with E-state index in [1.165, 1.54) is 30.4 Å². The monoisotopic (exact) mass is 275 g/mol. The Morgan fingerprint density at radius 1 is 1.40 bits per heavy atom. The van der Waals surface area contributed by atoms with Crippen molar-refractivity contribution in [3.8, 4) is 0 Å². The lowest BCUT2D eigenvalue weighted by Gasteiger charge is -2.20. The fourth-order valence-electron chi connectivity index (χ4n) is 3.05. The van der Waals surface area contributed by atoms with E-state index >= 15 is 0 Å². The fourth-order valence-corrected chi connectivity index (χ4v) is 3.05. The second-order valence-corrected chi connectivity index (χ2v) is 6.25. The Hall–Kier alpha value is -1.13. The lowest BCUT2D eigenvalue weighted by atomic mass is 10.1. The molecule has 0 bridgehead atoms. The molecule has 2 fully saturated rings. The van der Waals surface area contributed by atoms with Crippen LogP contribution in [0.1, 0.15) is 36.8 Å². The minimum absolute atomic E-state index is 0.302. The first-order chi connectivity index (χ1) is 9.76. The summed E-state index contributed by atoms with van der Waals surface area (Å²) in [6.07, 6.45) is 6.75. The van der Waals surface area contributed by atoms with Gasteiger partial charge in [0.2, 0.25) is 0 Å². The quantitative estimate of drug-likeness (QED) is 0.832. The molecule has 110 valence electrons. The molecule has 1 aromatic heterocycles. The van der Waals surface area contributed by atoms with Crippen LogP contribution in [0.15, 0.2) is 12.3 Å². The van der Waals surface area contributed by atoms with Crippen LogP contribution in [0.4, 0.5) is 5.82 Å². The third-order valence-corrected chi connectivity index (χ3v) is 4.40. The lowest BCUT2D eigenvalue weighted by Crippen LogP contribution is -2.22. The van der Waals surface area contributed by atoms with Gasteiger partial charge in [0.25, 0.3) is 0 Å². The Balaban J connectivity index is 1.61. The van der Waals surface area contributed by atoms with E-state index in [2.05, 4.69) is 28.2 Å². The molecule has 1 saturated heterocycles. The number of nitrogens with one attached hydrogen (secondary N) is 1. The van der Waals surface area contributed by atoms with Gasteiger partial charge in [-0.15, -0.1) is 0 Å². The number of aliphatic hydroxyl groups is 1. The maximum absolute atomic E-state index is 9.04. The molecule has 2 aliphatic rings. The summed E-state index contributed by atoms with van der Waals surface area (Å²) >= 11 is 0. The molecule has 0 spiro atoms. The van der Waals surface area contributed by atoms with Crippen LogP contribution < -0.4 is 10.2 Å². The summed E-state index contributed by atoms with van der Waals surface area (Å²) in [6.45, 7) is 5.50. The average Bonchev–Trinajstić information content (AvgIpc) is 3.16. The molecule has 1 aromatic rings. The maximum atomic E-state index is 9.04. The van der Waals surface area contributed by atoms with Gasteiger partial charge in [0, 0.05) is 38.5 Å². The number of pyridine rings is 1. The Bertz CT molecular complexity index is 459. The van der Waals surface area contributed by atoms with Gasteiger partial charge in [-0.05, 0) is 55.7 Å². The molecule has 0 aromatic carbocycles. The molecule has 20 heavy (non-hydrogen) atoms. The second kappa shape index (κ2) is 6.10. The summed E-state index contributed by atoms with van der Waals surface area (Å²) in [6, 6.07) is 3.00. The van der Waals surface area contributed by atoms with Crippen molar-refractivity contribution in [1.82, 2.24) is 10.3 Å². The SMILES string of the molecule is Cc1cc(CNC2CC2)cnc1N1CCC(CCO)C1. The molecule has 4 nitrogen and oxygen atoms in total. The number of aryl methyl sites for hydroxylation is 1. The van der Waals surface area contributed by atoms with Crippen molar-refractivity contribution in [3.05, 3.63) is 23.4 Å². The molecule has 3 rings (SSSR count). The summed E-state index contributed by atoms with van der Waals surface area (Å²) in [5.74, 6) is 1.75. The van der Waals surface area contributed by atoms with E-state index in [0.29, 0.717) is 12.5 Å². The predicted molar refractivity (Wildman–Crippen MR) is 80.9 cm³/mol. The predicted octanol–water partition coefficient (Wildman–Crippen LogP) is 1.85. The first kappa shape index (κ1) is 13.8. The number of rotatable bonds is 6. The molecular formula is C16H25N3O. The second-order valence-electron chi connectivity index (χ2n) is 6.25. The summed E-state index contributed by atoms with van der Waals surface area (Å²) < 4.78 is 0. The van der Waals surface area contributed by atoms with Gasteiger partial charge < -0.3 is 15.3 Å². The van der Waals surface area contributed by atoms with Gasteiger partial charge in [0.15, 0.2) is 0 Å². The lowest BCUT2D eigenvalue weighted by molar-refractivity contribution is 0.263. The summed E-state index contributed by atoms with van der Waals surface area (Å²) in [5.41, 5.74) is 2.55. The molecule has 4 heteroatoms. The third-order valence-electron chi connectivity index (χ3n) is 4.40. The number of aliphatic hydroxyl groups excluding tert-OH is 1. The van der Waals surface area contributed by atoms with Crippen LogP contribution in [0, 0.1) is 12.8 Å². The average molecular weight is 275 g/mol. The highest BCUT2D eigenvalue weighted by atomic mass is 16.3. The zero-order valence-electron chi connectivity index (χ0n) is 12.3. The molecule has 1 saturated carbocycles. The molecule has 1 atom stereocenters. The topological polar surface area (TPSA) is 48.4 Å². The minimum Gasteiger partial charge on any atom is -0.396 e. The van der Waals surface area contributed by atoms with Crippen LogP contribution in [0.25, 0.3) is 0 Å². The van der Waals surface area contributed by atoms with E-state index in [1.54, 1.807) is 0 Å². The van der Waals surface area contributed by atoms with Crippen LogP contribution in [0.2, 0.25) is 0 Å². The largest absolute Gasteiger partial charge is 0.396 e. The van der Waals surface area contributed by atoms with Crippen molar-refractivity contribution >= 4 is 5.82 Å². The molecule has 1 aliphatic carbocycles. The summed E-state index contributed by atoms with van der Waals surface area (Å²) in [5, 5.41) is 12.6. The van der Waals surface area contributed by atoms with Gasteiger partial charge >= 0.3 is 0 Å². The Morgan fingerprint density at radius 3 is 2.95 bits per heavy atom. The molecular weight excluding hydrogens is 250 g/mol. The summed E-state index contributed by atoms with van der Waals surface area (Å²) in [4.78, 5) is 7.05. The van der Waals surface area contributed by atoms with Gasteiger partial charge in [0.05, 0.1) is 0 Å². The number of hydrogen-bond acceptors (Lipinski definition) is 4. The van der Waals surface area contributed by atoms with E-state index in [9.17, 15) is 0 Å². The van der Waals surface area contributed by atoms with Gasteiger partial charge in [-0.1, -0.05) is 0 Å². The molecule has 2 heterocycles. The summed E-state index contributed by atoms with van der Waals surface area (Å²) in [7, 11) is 0. The molecule has 1 aliphatic heterocycles. The van der Waals surface area contributed by atoms with E-state index in [0.717, 1.165) is 37.9 Å². The smallest absolute Gasteiger partial charge is 0.131 e. The van der Waals surface area contributed by atoms with Crippen LogP contribution in [0.3, 0.4) is 0 Å². The van der Waals surface area contributed by atoms with Crippen molar-refractivity contribution in [2.24, 2.45) is 5.92 Å². The van der Waals surface area contributed by atoms with Gasteiger partial charge in [0.1, 0.15) is 5.82 Å².